The minimum Gasteiger partial charge on any atom is -0.358 e. The van der Waals surface area contributed by atoms with Gasteiger partial charge in [0, 0.05) is 11.4 Å². The Labute approximate surface area is 760 Å². The van der Waals surface area contributed by atoms with E-state index in [9.17, 15) is 0 Å². The fraction of sp³-hybridized carbons (Fsp3) is 0.0833. The van der Waals surface area contributed by atoms with E-state index in [1.54, 1.807) is 24.3 Å². The smallest absolute Gasteiger partial charge is 0.0419 e. The summed E-state index contributed by atoms with van der Waals surface area (Å²) in [6.07, 6.45) is 7.00. The van der Waals surface area contributed by atoms with Crippen LogP contribution < -0.4 is 359 Å². The molecule has 6 aromatic carbocycles. The predicted molar refractivity (Wildman–Crippen MR) is 245 cm³/mol. The van der Waals surface area contributed by atoms with Gasteiger partial charge in [0.2, 0.25) is 0 Å². The number of allylic oxidation sites excluding steroid dienone is 4. The summed E-state index contributed by atoms with van der Waals surface area (Å²) >= 11 is 4.64. The van der Waals surface area contributed by atoms with Gasteiger partial charge in [-0.25, -0.2) is 0 Å². The van der Waals surface area contributed by atoms with E-state index in [4.69, 9.17) is 0 Å². The molecule has 0 aliphatic rings. The van der Waals surface area contributed by atoms with Crippen molar-refractivity contribution < 1.29 is 352 Å². The van der Waals surface area contributed by atoms with Gasteiger partial charge in [-0.05, 0) is 63.1 Å². The second-order valence-electron chi connectivity index (χ2n) is 10.4. The first-order valence-electron chi connectivity index (χ1n) is 18.5. The molecule has 0 spiro atoms. The SMILES string of the molecule is C=CC.C=CC.C=CC.C=CC.[H-].[H-].[Rb+].[Rb+].[Rb+].[Rb+].[Rb+].[Rb+].[Rb][Rb].[Rb][Rb].[c-]1ccc(N(c2cc[c-]cc2)c2ccc(-c3ccc(N(c4cc[c-]cc4)c4cc[c-]cc4)cc3)cc2)cc1. The zero-order valence-corrected chi connectivity index (χ0v) is 89.0. The largest absolute Gasteiger partial charge is 0.358 e. The Bertz CT molecular complexity index is 1580. The molecule has 0 saturated heterocycles. The van der Waals surface area contributed by atoms with Crippen LogP contribution in [0.3, 0.4) is 0 Å². The van der Waals surface area contributed by atoms with Crippen LogP contribution in [0.15, 0.2) is 196 Å². The van der Waals surface area contributed by atoms with Gasteiger partial charge in [0.1, 0.15) is 0 Å². The summed E-state index contributed by atoms with van der Waals surface area (Å²) in [5.41, 5.74) is 8.87. The number of rotatable bonds is 7. The van der Waals surface area contributed by atoms with Crippen molar-refractivity contribution in [2.75, 3.05) is 9.80 Å². The summed E-state index contributed by atoms with van der Waals surface area (Å²) in [5.74, 6) is 0. The molecular weight excluding hydrogens is 1460 g/mol. The molecule has 6 rings (SSSR count). The molecule has 0 heterocycles. The van der Waals surface area contributed by atoms with E-state index >= 15 is 0 Å². The van der Waals surface area contributed by atoms with Gasteiger partial charge in [0.15, 0.2) is 0 Å². The molecule has 0 atom stereocenters. The Morgan fingerprint density at radius 3 is 0.617 bits per heavy atom. The first kappa shape index (κ1) is 85.8. The van der Waals surface area contributed by atoms with Crippen molar-refractivity contribution in [2.24, 2.45) is 0 Å². The van der Waals surface area contributed by atoms with E-state index in [2.05, 4.69) is 157 Å². The summed E-state index contributed by atoms with van der Waals surface area (Å²) in [7, 11) is 0. The second kappa shape index (κ2) is 63.5. The van der Waals surface area contributed by atoms with Crippen LogP contribution in [-0.4, -0.2) is 135 Å². The van der Waals surface area contributed by atoms with Crippen LogP contribution in [0.1, 0.15) is 30.5 Å². The van der Waals surface area contributed by atoms with Crippen LogP contribution >= 0.6 is 0 Å². The summed E-state index contributed by atoms with van der Waals surface area (Å²) in [5, 5.41) is 0. The number of nitrogens with zero attached hydrogens (tertiary/aromatic N) is 2. The zero-order chi connectivity index (χ0) is 40.4. The molecule has 0 aliphatic carbocycles. The van der Waals surface area contributed by atoms with Gasteiger partial charge in [-0.15, -0.1) is 74.8 Å². The van der Waals surface area contributed by atoms with Crippen molar-refractivity contribution >= 4 is 170 Å². The maximum absolute atomic E-state index is 3.36. The summed E-state index contributed by atoms with van der Waals surface area (Å²) in [6.45, 7) is 21.0. The average molecular weight is 1510 g/mol. The van der Waals surface area contributed by atoms with E-state index in [1.807, 2.05) is 76.2 Å². The molecule has 2 nitrogen and oxygen atoms in total. The quantitative estimate of drug-likeness (QED) is 0.117. The van der Waals surface area contributed by atoms with Gasteiger partial charge in [0.25, 0.3) is 0 Å². The number of hydrogen-bond acceptors (Lipinski definition) is 2. The maximum Gasteiger partial charge on any atom is 0.0419 e. The molecule has 60 heavy (non-hydrogen) atoms. The first-order chi connectivity index (χ1) is 26.5. The molecule has 0 saturated carbocycles. The van der Waals surface area contributed by atoms with Crippen LogP contribution in [0.2, 0.25) is 0 Å². The van der Waals surface area contributed by atoms with E-state index in [-0.39, 0.29) is 352 Å². The van der Waals surface area contributed by atoms with E-state index < -0.39 is 0 Å². The molecule has 0 amide bonds. The number of anilines is 6. The molecule has 0 fully saturated rings. The Balaban J connectivity index is -0.000000148. The standard InChI is InChI=1S/C36H24N2.4C3H6.10Rb.2H/c1-5-13-31(14-6-1)37(32-15-7-2-8-16-32)35-25-21-29(22-26-35)30-23-27-36(28-24-30)38(33-17-9-3-10-18-33)34-19-11-4-12-20-34;4*1-3-2;;;;;;;;;;;;/h5-28H;4*3H,1H2,2H3;;;;;;;;;;;;/q-4;;;;;;;;;6*+1;2*-1. The minimum atomic E-state index is 0. The molecule has 0 N–H and O–H groups in total. The summed E-state index contributed by atoms with van der Waals surface area (Å²) < 4.78 is 0. The molecule has 12 heteroatoms. The summed E-state index contributed by atoms with van der Waals surface area (Å²) in [4.78, 5) is 4.47. The Morgan fingerprint density at radius 2 is 0.467 bits per heavy atom. The molecule has 6 aromatic rings. The molecule has 0 unspecified atom stereocenters. The Morgan fingerprint density at radius 1 is 0.333 bits per heavy atom. The molecule has 0 aliphatic heterocycles. The fourth-order valence-electron chi connectivity index (χ4n) is 4.61. The Kier molecular flexibility index (Phi) is 90.8. The van der Waals surface area contributed by atoms with Gasteiger partial charge >= 0.3 is 485 Å². The molecular formula is C48H50N2Rb10. The molecule has 262 valence electrons. The third kappa shape index (κ3) is 39.3. The van der Waals surface area contributed by atoms with E-state index in [0.29, 0.717) is 0 Å². The first-order valence-corrected chi connectivity index (χ1v) is 86.5. The third-order valence-corrected chi connectivity index (χ3v) is 6.42. The molecule has 0 aromatic heterocycles. The van der Waals surface area contributed by atoms with Crippen LogP contribution in [0.4, 0.5) is 34.1 Å². The number of benzene rings is 6. The van der Waals surface area contributed by atoms with Gasteiger partial charge in [-0.1, -0.05) is 71.3 Å². The van der Waals surface area contributed by atoms with Gasteiger partial charge in [-0.2, -0.15) is 72.8 Å². The second-order valence-corrected chi connectivity index (χ2v) is 10.4. The molecule has 0 bridgehead atoms. The van der Waals surface area contributed by atoms with Gasteiger partial charge in [0.05, 0.1) is 0 Å². The summed E-state index contributed by atoms with van der Waals surface area (Å²) in [6, 6.07) is 62.0. The maximum atomic E-state index is 3.36. The molecule has 0 radical (unpaired) electrons. The van der Waals surface area contributed by atoms with E-state index in [1.165, 1.54) is 11.1 Å². The Hall–Kier alpha value is 11.9. The minimum absolute atomic E-state index is 0. The van der Waals surface area contributed by atoms with Gasteiger partial charge in [-0.3, -0.25) is 0 Å². The van der Waals surface area contributed by atoms with Crippen LogP contribution in [0.5, 0.6) is 0 Å². The number of hydrogen-bond donors (Lipinski definition) is 0. The predicted octanol–water partition coefficient (Wildman–Crippen LogP) is -5.01. The van der Waals surface area contributed by atoms with Crippen molar-refractivity contribution in [3.05, 3.63) is 220 Å². The fourth-order valence-corrected chi connectivity index (χ4v) is 4.61. The average Bonchev–Trinajstić information content (AvgIpc) is 3.23. The van der Waals surface area contributed by atoms with Crippen molar-refractivity contribution in [1.82, 2.24) is 0 Å². The van der Waals surface area contributed by atoms with Crippen LogP contribution in [-0.2, 0) is 0 Å². The van der Waals surface area contributed by atoms with Crippen molar-refractivity contribution in [3.8, 4) is 11.1 Å². The van der Waals surface area contributed by atoms with Crippen molar-refractivity contribution in [2.45, 2.75) is 27.7 Å². The van der Waals surface area contributed by atoms with E-state index in [0.717, 1.165) is 170 Å². The topological polar surface area (TPSA) is 6.48 Å². The van der Waals surface area contributed by atoms with Crippen LogP contribution in [0, 0.1) is 24.3 Å². The van der Waals surface area contributed by atoms with Crippen LogP contribution in [0.25, 0.3) is 11.1 Å². The third-order valence-electron chi connectivity index (χ3n) is 6.42. The van der Waals surface area contributed by atoms with Gasteiger partial charge < -0.3 is 12.7 Å². The monoisotopic (exact) mass is 1500 g/mol. The normalized spacial score (nSPS) is 7.87. The zero-order valence-electron chi connectivity index (χ0n) is 41.9. The van der Waals surface area contributed by atoms with Crippen molar-refractivity contribution in [1.29, 1.82) is 0 Å². The van der Waals surface area contributed by atoms with Crippen molar-refractivity contribution in [3.63, 3.8) is 0 Å².